The lowest BCUT2D eigenvalue weighted by atomic mass is 10.1. The number of hydrogen-bond donors (Lipinski definition) is 0. The Hall–Kier alpha value is -3.22. The molecule has 0 aliphatic rings. The van der Waals surface area contributed by atoms with Gasteiger partial charge in [-0.2, -0.15) is 0 Å². The molecule has 0 bridgehead atoms. The summed E-state index contributed by atoms with van der Waals surface area (Å²) in [5.41, 5.74) is 3.62. The van der Waals surface area contributed by atoms with E-state index in [9.17, 15) is 8.78 Å². The molecule has 0 spiro atoms. The van der Waals surface area contributed by atoms with Crippen molar-refractivity contribution in [2.45, 2.75) is 10.8 Å². The Labute approximate surface area is 192 Å². The topological polar surface area (TPSA) is 30.7 Å². The van der Waals surface area contributed by atoms with Gasteiger partial charge in [-0.25, -0.2) is 18.7 Å². The minimum Gasteiger partial charge on any atom is -0.300 e. The number of benzene rings is 3. The van der Waals surface area contributed by atoms with E-state index in [-0.39, 0.29) is 11.6 Å². The second-order valence-corrected chi connectivity index (χ2v) is 8.50. The lowest BCUT2D eigenvalue weighted by Gasteiger charge is -2.08. The van der Waals surface area contributed by atoms with Crippen molar-refractivity contribution in [1.29, 1.82) is 0 Å². The molecule has 0 aliphatic carbocycles. The number of rotatable bonds is 5. The van der Waals surface area contributed by atoms with Crippen LogP contribution in [0.2, 0.25) is 5.02 Å². The molecule has 3 aromatic carbocycles. The Morgan fingerprint density at radius 2 is 1.72 bits per heavy atom. The predicted molar refractivity (Wildman–Crippen MR) is 125 cm³/mol. The van der Waals surface area contributed by atoms with Crippen molar-refractivity contribution in [2.75, 3.05) is 0 Å². The van der Waals surface area contributed by atoms with E-state index in [1.54, 1.807) is 18.2 Å². The van der Waals surface area contributed by atoms with Crippen molar-refractivity contribution in [2.24, 2.45) is 0 Å². The maximum absolute atomic E-state index is 14.3. The van der Waals surface area contributed by atoms with Crippen molar-refractivity contribution in [3.8, 4) is 16.8 Å². The Morgan fingerprint density at radius 1 is 0.906 bits per heavy atom. The average molecular weight is 464 g/mol. The van der Waals surface area contributed by atoms with Crippen molar-refractivity contribution < 1.29 is 8.78 Å². The monoisotopic (exact) mass is 463 g/mol. The summed E-state index contributed by atoms with van der Waals surface area (Å²) in [4.78, 5) is 8.99. The first-order valence-corrected chi connectivity index (χ1v) is 11.2. The third-order valence-electron chi connectivity index (χ3n) is 5.13. The van der Waals surface area contributed by atoms with Crippen LogP contribution in [0, 0.1) is 11.6 Å². The van der Waals surface area contributed by atoms with Gasteiger partial charge >= 0.3 is 0 Å². The average Bonchev–Trinajstić information content (AvgIpc) is 3.20. The smallest absolute Gasteiger partial charge is 0.149 e. The second-order valence-electron chi connectivity index (χ2n) is 7.12. The van der Waals surface area contributed by atoms with Crippen LogP contribution >= 0.6 is 23.4 Å². The number of thioether (sulfide) groups is 1. The van der Waals surface area contributed by atoms with E-state index in [0.717, 1.165) is 16.5 Å². The summed E-state index contributed by atoms with van der Waals surface area (Å²) in [7, 11) is 0. The van der Waals surface area contributed by atoms with Crippen molar-refractivity contribution in [3.63, 3.8) is 0 Å². The van der Waals surface area contributed by atoms with Gasteiger partial charge in [0.1, 0.15) is 28.6 Å². The van der Waals surface area contributed by atoms with E-state index in [4.69, 9.17) is 11.6 Å². The van der Waals surface area contributed by atoms with E-state index in [2.05, 4.69) is 9.97 Å². The molecule has 0 N–H and O–H groups in total. The highest BCUT2D eigenvalue weighted by atomic mass is 35.5. The minimum absolute atomic E-state index is 0.316. The molecule has 0 fully saturated rings. The van der Waals surface area contributed by atoms with Gasteiger partial charge < -0.3 is 4.57 Å². The number of nitrogens with zero attached hydrogens (tertiary/aromatic N) is 3. The fourth-order valence-corrected chi connectivity index (χ4v) is 4.96. The highest BCUT2D eigenvalue weighted by Gasteiger charge is 2.19. The lowest BCUT2D eigenvalue weighted by molar-refractivity contribution is 0.617. The summed E-state index contributed by atoms with van der Waals surface area (Å²) < 4.78 is 30.1. The molecule has 3 nitrogen and oxygen atoms in total. The van der Waals surface area contributed by atoms with Gasteiger partial charge in [-0.3, -0.25) is 0 Å². The third kappa shape index (κ3) is 3.87. The van der Waals surface area contributed by atoms with Crippen LogP contribution in [-0.2, 0) is 5.75 Å². The molecule has 7 heteroatoms. The van der Waals surface area contributed by atoms with Crippen LogP contribution in [-0.4, -0.2) is 14.5 Å². The van der Waals surface area contributed by atoms with Crippen molar-refractivity contribution in [1.82, 2.24) is 14.5 Å². The molecule has 0 aliphatic heterocycles. The molecular weight excluding hydrogens is 448 g/mol. The second kappa shape index (κ2) is 8.73. The maximum atomic E-state index is 14.3. The van der Waals surface area contributed by atoms with Crippen LogP contribution in [0.1, 0.15) is 5.56 Å². The highest BCUT2D eigenvalue weighted by Crippen LogP contribution is 2.38. The number of hydrogen-bond acceptors (Lipinski definition) is 3. The van der Waals surface area contributed by atoms with Crippen LogP contribution in [0.15, 0.2) is 90.3 Å². The molecule has 5 rings (SSSR count). The predicted octanol–water partition coefficient (Wildman–Crippen LogP) is 7.31. The van der Waals surface area contributed by atoms with Gasteiger partial charge in [0.2, 0.25) is 0 Å². The SMILES string of the molecule is Fc1cccc(-n2cc(-c3ccccc3)c3c(SCc4c(F)cccc4Cl)ncnc32)c1. The molecule has 0 saturated carbocycles. The zero-order chi connectivity index (χ0) is 22.1. The fraction of sp³-hybridized carbons (Fsp3) is 0.0400. The Balaban J connectivity index is 1.67. The molecule has 0 saturated heterocycles. The molecule has 2 heterocycles. The third-order valence-corrected chi connectivity index (χ3v) is 6.50. The van der Waals surface area contributed by atoms with E-state index < -0.39 is 0 Å². The van der Waals surface area contributed by atoms with E-state index in [0.29, 0.717) is 32.7 Å². The molecule has 2 aromatic heterocycles. The Kier molecular flexibility index (Phi) is 5.64. The van der Waals surface area contributed by atoms with Gasteiger partial charge in [0.15, 0.2) is 0 Å². The van der Waals surface area contributed by atoms with Gasteiger partial charge in [0.25, 0.3) is 0 Å². The summed E-state index contributed by atoms with van der Waals surface area (Å²) in [6, 6.07) is 20.9. The Bertz CT molecular complexity index is 1400. The normalized spacial score (nSPS) is 11.2. The van der Waals surface area contributed by atoms with Gasteiger partial charge in [-0.1, -0.05) is 54.1 Å². The quantitative estimate of drug-likeness (QED) is 0.202. The standard InChI is InChI=1S/C25H16ClF2N3S/c26-21-10-5-11-22(28)20(21)14-32-25-23-19(16-6-2-1-3-7-16)13-31(24(23)29-15-30-25)18-9-4-8-17(27)12-18/h1-13,15H,14H2. The van der Waals surface area contributed by atoms with Gasteiger partial charge in [-0.05, 0) is 35.9 Å². The zero-order valence-electron chi connectivity index (χ0n) is 16.7. The van der Waals surface area contributed by atoms with Crippen LogP contribution in [0.3, 0.4) is 0 Å². The summed E-state index contributed by atoms with van der Waals surface area (Å²) in [5.74, 6) is -0.365. The highest BCUT2D eigenvalue weighted by molar-refractivity contribution is 7.98. The summed E-state index contributed by atoms with van der Waals surface area (Å²) in [5, 5.41) is 1.90. The van der Waals surface area contributed by atoms with Gasteiger partial charge in [0.05, 0.1) is 5.39 Å². The van der Waals surface area contributed by atoms with Crippen LogP contribution < -0.4 is 0 Å². The van der Waals surface area contributed by atoms with Crippen LogP contribution in [0.5, 0.6) is 0 Å². The number of halogens is 3. The van der Waals surface area contributed by atoms with E-state index >= 15 is 0 Å². The molecule has 0 amide bonds. The molecule has 32 heavy (non-hydrogen) atoms. The minimum atomic E-state index is -0.351. The van der Waals surface area contributed by atoms with Crippen molar-refractivity contribution in [3.05, 3.63) is 108 Å². The van der Waals surface area contributed by atoms with Crippen LogP contribution in [0.25, 0.3) is 27.8 Å². The molecule has 0 atom stereocenters. The fourth-order valence-electron chi connectivity index (χ4n) is 3.61. The zero-order valence-corrected chi connectivity index (χ0v) is 18.2. The van der Waals surface area contributed by atoms with Crippen molar-refractivity contribution >= 4 is 34.4 Å². The van der Waals surface area contributed by atoms with Gasteiger partial charge in [-0.15, -0.1) is 11.8 Å². The molecule has 0 unspecified atom stereocenters. The number of aromatic nitrogens is 3. The van der Waals surface area contributed by atoms with E-state index in [1.807, 2.05) is 47.2 Å². The van der Waals surface area contributed by atoms with Crippen LogP contribution in [0.4, 0.5) is 8.78 Å². The first kappa shape index (κ1) is 20.7. The largest absolute Gasteiger partial charge is 0.300 e. The summed E-state index contributed by atoms with van der Waals surface area (Å²) in [6.45, 7) is 0. The Morgan fingerprint density at radius 3 is 2.50 bits per heavy atom. The molecular formula is C25H16ClF2N3S. The number of fused-ring (bicyclic) bond motifs is 1. The molecule has 5 aromatic rings. The maximum Gasteiger partial charge on any atom is 0.149 e. The molecule has 0 radical (unpaired) electrons. The first-order chi connectivity index (χ1) is 15.6. The first-order valence-electron chi connectivity index (χ1n) is 9.85. The lowest BCUT2D eigenvalue weighted by Crippen LogP contribution is -1.96. The van der Waals surface area contributed by atoms with E-state index in [1.165, 1.54) is 36.3 Å². The van der Waals surface area contributed by atoms with Gasteiger partial charge in [0, 0.05) is 33.8 Å². The molecule has 158 valence electrons. The summed E-state index contributed by atoms with van der Waals surface area (Å²) in [6.07, 6.45) is 3.40. The summed E-state index contributed by atoms with van der Waals surface area (Å²) >= 11 is 7.60.